The van der Waals surface area contributed by atoms with Crippen molar-refractivity contribution in [2.75, 3.05) is 0 Å². The molecule has 19 heavy (non-hydrogen) atoms. The Hall–Kier alpha value is -0.860. The highest BCUT2D eigenvalue weighted by Crippen LogP contribution is 2.32. The number of aryl methyl sites for hydroxylation is 2. The summed E-state index contributed by atoms with van der Waals surface area (Å²) in [4.78, 5) is 0. The number of rotatable bonds is 3. The van der Waals surface area contributed by atoms with E-state index >= 15 is 0 Å². The second-order valence-electron chi connectivity index (χ2n) is 6.11. The summed E-state index contributed by atoms with van der Waals surface area (Å²) in [5, 5.41) is 21.2. The van der Waals surface area contributed by atoms with E-state index < -0.39 is 11.7 Å². The molecule has 0 aliphatic heterocycles. The highest BCUT2D eigenvalue weighted by atomic mass is 16.3. The largest absolute Gasteiger partial charge is 0.390 e. The van der Waals surface area contributed by atoms with Gasteiger partial charge in [0.2, 0.25) is 0 Å². The molecule has 2 heteroatoms. The van der Waals surface area contributed by atoms with E-state index in [0.717, 1.165) is 25.7 Å². The smallest absolute Gasteiger partial charge is 0.0908 e. The summed E-state index contributed by atoms with van der Waals surface area (Å²) in [6.07, 6.45) is 5.80. The van der Waals surface area contributed by atoms with E-state index in [-0.39, 0.29) is 0 Å². The Kier molecular flexibility index (Phi) is 4.64. The average molecular weight is 262 g/mol. The van der Waals surface area contributed by atoms with Crippen LogP contribution in [-0.4, -0.2) is 21.9 Å². The molecule has 1 fully saturated rings. The molecule has 0 amide bonds. The van der Waals surface area contributed by atoms with Gasteiger partial charge in [-0.1, -0.05) is 43.9 Å². The molecule has 1 aliphatic rings. The SMILES string of the molecule is Cc1cccc(C)c1CC(O)C1(O)CCCCCC1. The minimum atomic E-state index is -0.884. The number of benzene rings is 1. The molecule has 2 N–H and O–H groups in total. The van der Waals surface area contributed by atoms with Crippen LogP contribution in [0.4, 0.5) is 0 Å². The Bertz CT molecular complexity index is 397. The molecule has 1 saturated carbocycles. The van der Waals surface area contributed by atoms with E-state index in [0.29, 0.717) is 6.42 Å². The van der Waals surface area contributed by atoms with Crippen LogP contribution >= 0.6 is 0 Å². The van der Waals surface area contributed by atoms with Gasteiger partial charge < -0.3 is 10.2 Å². The predicted octanol–water partition coefficient (Wildman–Crippen LogP) is 3.29. The zero-order chi connectivity index (χ0) is 13.9. The molecule has 0 heterocycles. The topological polar surface area (TPSA) is 40.5 Å². The number of aliphatic hydroxyl groups excluding tert-OH is 1. The summed E-state index contributed by atoms with van der Waals surface area (Å²) >= 11 is 0. The average Bonchev–Trinajstić information content (AvgIpc) is 2.60. The van der Waals surface area contributed by atoms with Crippen LogP contribution in [0.2, 0.25) is 0 Å². The van der Waals surface area contributed by atoms with Crippen molar-refractivity contribution in [3.8, 4) is 0 Å². The van der Waals surface area contributed by atoms with Gasteiger partial charge in [-0.25, -0.2) is 0 Å². The van der Waals surface area contributed by atoms with Crippen molar-refractivity contribution in [2.24, 2.45) is 0 Å². The first-order chi connectivity index (χ1) is 9.03. The summed E-state index contributed by atoms with van der Waals surface area (Å²) in [5.74, 6) is 0. The molecule has 0 bridgehead atoms. The molecule has 0 saturated heterocycles. The molecule has 1 aliphatic carbocycles. The van der Waals surface area contributed by atoms with Crippen LogP contribution in [0.1, 0.15) is 55.2 Å². The predicted molar refractivity (Wildman–Crippen MR) is 78.3 cm³/mol. The molecule has 1 unspecified atom stereocenters. The van der Waals surface area contributed by atoms with E-state index in [1.807, 2.05) is 6.07 Å². The fourth-order valence-corrected chi connectivity index (χ4v) is 3.23. The van der Waals surface area contributed by atoms with Gasteiger partial charge in [-0.3, -0.25) is 0 Å². The number of hydrogen-bond donors (Lipinski definition) is 2. The maximum absolute atomic E-state index is 10.7. The van der Waals surface area contributed by atoms with Crippen LogP contribution in [0.15, 0.2) is 18.2 Å². The molecule has 106 valence electrons. The van der Waals surface area contributed by atoms with Crippen LogP contribution in [0, 0.1) is 13.8 Å². The maximum Gasteiger partial charge on any atom is 0.0908 e. The van der Waals surface area contributed by atoms with Crippen molar-refractivity contribution in [2.45, 2.75) is 70.5 Å². The first-order valence-corrected chi connectivity index (χ1v) is 7.48. The normalized spacial score (nSPS) is 20.8. The van der Waals surface area contributed by atoms with Crippen LogP contribution in [0.5, 0.6) is 0 Å². The van der Waals surface area contributed by atoms with Crippen LogP contribution < -0.4 is 0 Å². The number of aliphatic hydroxyl groups is 2. The second kappa shape index (κ2) is 6.06. The fourth-order valence-electron chi connectivity index (χ4n) is 3.23. The zero-order valence-corrected chi connectivity index (χ0v) is 12.2. The van der Waals surface area contributed by atoms with E-state index in [1.54, 1.807) is 0 Å². The molecule has 2 nitrogen and oxygen atoms in total. The first kappa shape index (κ1) is 14.5. The minimum Gasteiger partial charge on any atom is -0.390 e. The van der Waals surface area contributed by atoms with Gasteiger partial charge in [0.05, 0.1) is 11.7 Å². The molecule has 1 aromatic rings. The van der Waals surface area contributed by atoms with Crippen LogP contribution in [0.3, 0.4) is 0 Å². The van der Waals surface area contributed by atoms with Crippen molar-refractivity contribution in [1.29, 1.82) is 0 Å². The van der Waals surface area contributed by atoms with Gasteiger partial charge in [-0.15, -0.1) is 0 Å². The van der Waals surface area contributed by atoms with Gasteiger partial charge in [0, 0.05) is 6.42 Å². The van der Waals surface area contributed by atoms with Gasteiger partial charge in [0.15, 0.2) is 0 Å². The minimum absolute atomic E-state index is 0.564. The van der Waals surface area contributed by atoms with Crippen molar-refractivity contribution in [3.05, 3.63) is 34.9 Å². The molecule has 1 aromatic carbocycles. The number of hydrogen-bond acceptors (Lipinski definition) is 2. The van der Waals surface area contributed by atoms with Crippen molar-refractivity contribution >= 4 is 0 Å². The lowest BCUT2D eigenvalue weighted by atomic mass is 9.83. The third-order valence-electron chi connectivity index (χ3n) is 4.63. The Balaban J connectivity index is 2.13. The second-order valence-corrected chi connectivity index (χ2v) is 6.11. The van der Waals surface area contributed by atoms with Gasteiger partial charge in [-0.2, -0.15) is 0 Å². The van der Waals surface area contributed by atoms with Crippen molar-refractivity contribution in [3.63, 3.8) is 0 Å². The lowest BCUT2D eigenvalue weighted by Crippen LogP contribution is -2.43. The summed E-state index contributed by atoms with van der Waals surface area (Å²) in [5.41, 5.74) is 2.71. The molecule has 1 atom stereocenters. The third-order valence-corrected chi connectivity index (χ3v) is 4.63. The van der Waals surface area contributed by atoms with Crippen LogP contribution in [-0.2, 0) is 6.42 Å². The van der Waals surface area contributed by atoms with E-state index in [4.69, 9.17) is 0 Å². The molecule has 0 radical (unpaired) electrons. The Labute approximate surface area is 116 Å². The molecular formula is C17H26O2. The highest BCUT2D eigenvalue weighted by Gasteiger charge is 2.36. The lowest BCUT2D eigenvalue weighted by Gasteiger charge is -2.32. The summed E-state index contributed by atoms with van der Waals surface area (Å²) in [7, 11) is 0. The maximum atomic E-state index is 10.7. The first-order valence-electron chi connectivity index (χ1n) is 7.48. The van der Waals surface area contributed by atoms with Gasteiger partial charge >= 0.3 is 0 Å². The molecule has 0 spiro atoms. The van der Waals surface area contributed by atoms with Gasteiger partial charge in [-0.05, 0) is 43.4 Å². The van der Waals surface area contributed by atoms with Gasteiger partial charge in [0.1, 0.15) is 0 Å². The fraction of sp³-hybridized carbons (Fsp3) is 0.647. The summed E-state index contributed by atoms with van der Waals surface area (Å²) < 4.78 is 0. The highest BCUT2D eigenvalue weighted by molar-refractivity contribution is 5.34. The molecular weight excluding hydrogens is 236 g/mol. The Morgan fingerprint density at radius 2 is 1.58 bits per heavy atom. The lowest BCUT2D eigenvalue weighted by molar-refractivity contribution is -0.0837. The molecule has 2 rings (SSSR count). The van der Waals surface area contributed by atoms with E-state index in [9.17, 15) is 10.2 Å². The Morgan fingerprint density at radius 1 is 1.05 bits per heavy atom. The third kappa shape index (κ3) is 3.37. The standard InChI is InChI=1S/C17H26O2/c1-13-8-7-9-14(2)15(13)12-16(18)17(19)10-5-3-4-6-11-17/h7-9,16,18-19H,3-6,10-12H2,1-2H3. The monoisotopic (exact) mass is 262 g/mol. The van der Waals surface area contributed by atoms with Crippen molar-refractivity contribution in [1.82, 2.24) is 0 Å². The van der Waals surface area contributed by atoms with E-state index in [2.05, 4.69) is 26.0 Å². The quantitative estimate of drug-likeness (QED) is 0.821. The van der Waals surface area contributed by atoms with E-state index in [1.165, 1.54) is 29.5 Å². The zero-order valence-electron chi connectivity index (χ0n) is 12.2. The summed E-state index contributed by atoms with van der Waals surface area (Å²) in [6, 6.07) is 6.19. The summed E-state index contributed by atoms with van der Waals surface area (Å²) in [6.45, 7) is 4.15. The van der Waals surface area contributed by atoms with Crippen LogP contribution in [0.25, 0.3) is 0 Å². The molecule has 0 aromatic heterocycles. The van der Waals surface area contributed by atoms with Crippen molar-refractivity contribution < 1.29 is 10.2 Å². The van der Waals surface area contributed by atoms with Gasteiger partial charge in [0.25, 0.3) is 0 Å². The Morgan fingerprint density at radius 3 is 2.11 bits per heavy atom.